The van der Waals surface area contributed by atoms with E-state index in [4.69, 9.17) is 4.74 Å². The van der Waals surface area contributed by atoms with E-state index in [9.17, 15) is 4.79 Å². The maximum atomic E-state index is 12.4. The number of amides is 1. The Balaban J connectivity index is 1.64. The van der Waals surface area contributed by atoms with Crippen LogP contribution in [-0.2, 0) is 16.0 Å². The lowest BCUT2D eigenvalue weighted by Crippen LogP contribution is -2.35. The van der Waals surface area contributed by atoms with Crippen LogP contribution in [0.1, 0.15) is 36.6 Å². The van der Waals surface area contributed by atoms with Gasteiger partial charge in [-0.3, -0.25) is 4.79 Å². The fourth-order valence-corrected chi connectivity index (χ4v) is 3.97. The number of benzene rings is 1. The lowest BCUT2D eigenvalue weighted by molar-refractivity contribution is -0.125. The number of ether oxygens (including phenoxy) is 1. The van der Waals surface area contributed by atoms with Gasteiger partial charge in [0.15, 0.2) is 0 Å². The van der Waals surface area contributed by atoms with Crippen molar-refractivity contribution in [3.05, 3.63) is 33.9 Å². The van der Waals surface area contributed by atoms with E-state index in [2.05, 4.69) is 38.4 Å². The Morgan fingerprint density at radius 3 is 3.09 bits per heavy atom. The molecule has 2 heterocycles. The smallest absolute Gasteiger partial charge is 0.226 e. The van der Waals surface area contributed by atoms with E-state index in [-0.39, 0.29) is 17.9 Å². The summed E-state index contributed by atoms with van der Waals surface area (Å²) in [4.78, 5) is 15.9. The first-order chi connectivity index (χ1) is 10.7. The predicted molar refractivity (Wildman–Crippen MR) is 88.7 cm³/mol. The number of rotatable bonds is 2. The minimum Gasteiger partial charge on any atom is -0.381 e. The molecule has 4 nitrogen and oxygen atoms in total. The Hall–Kier alpha value is -1.33. The van der Waals surface area contributed by atoms with Crippen LogP contribution < -0.4 is 5.32 Å². The highest BCUT2D eigenvalue weighted by Gasteiger charge is 2.29. The number of hydrogen-bond donors (Lipinski definition) is 2. The standard InChI is InChI=1S/C17H19BrN2O2/c18-11-4-5-14-13(8-11)12-2-1-3-15(16(12)19-14)20-17(21)10-6-7-22-9-10/h4-5,8,10,15,19H,1-3,6-7,9H2,(H,20,21). The van der Waals surface area contributed by atoms with Crippen LogP contribution in [0.5, 0.6) is 0 Å². The highest BCUT2D eigenvalue weighted by molar-refractivity contribution is 9.10. The van der Waals surface area contributed by atoms with Crippen LogP contribution in [0.4, 0.5) is 0 Å². The van der Waals surface area contributed by atoms with E-state index in [1.54, 1.807) is 0 Å². The van der Waals surface area contributed by atoms with Crippen LogP contribution in [0, 0.1) is 5.92 Å². The van der Waals surface area contributed by atoms with Gasteiger partial charge in [0.2, 0.25) is 5.91 Å². The maximum Gasteiger partial charge on any atom is 0.226 e. The molecular formula is C17H19BrN2O2. The summed E-state index contributed by atoms with van der Waals surface area (Å²) < 4.78 is 6.42. The molecule has 2 aromatic rings. The average Bonchev–Trinajstić information content (AvgIpc) is 3.15. The van der Waals surface area contributed by atoms with Gasteiger partial charge in [-0.05, 0) is 49.4 Å². The molecule has 1 aromatic heterocycles. The van der Waals surface area contributed by atoms with Crippen LogP contribution in [0.3, 0.4) is 0 Å². The van der Waals surface area contributed by atoms with E-state index in [1.807, 2.05) is 6.07 Å². The number of nitrogens with one attached hydrogen (secondary N) is 2. The second-order valence-corrected chi connectivity index (χ2v) is 7.14. The van der Waals surface area contributed by atoms with Crippen LogP contribution in [0.25, 0.3) is 10.9 Å². The van der Waals surface area contributed by atoms with Crippen LogP contribution >= 0.6 is 15.9 Å². The molecule has 0 radical (unpaired) electrons. The van der Waals surface area contributed by atoms with Gasteiger partial charge in [-0.1, -0.05) is 15.9 Å². The van der Waals surface area contributed by atoms with Gasteiger partial charge in [0.05, 0.1) is 18.6 Å². The highest BCUT2D eigenvalue weighted by Crippen LogP contribution is 2.36. The molecule has 0 saturated carbocycles. The molecular weight excluding hydrogens is 344 g/mol. The number of carbonyl (C=O) groups excluding carboxylic acids is 1. The quantitative estimate of drug-likeness (QED) is 0.859. The monoisotopic (exact) mass is 362 g/mol. The van der Waals surface area contributed by atoms with Crippen molar-refractivity contribution in [3.63, 3.8) is 0 Å². The average molecular weight is 363 g/mol. The zero-order valence-corrected chi connectivity index (χ0v) is 13.9. The third kappa shape index (κ3) is 2.46. The number of aromatic nitrogens is 1. The Morgan fingerprint density at radius 2 is 2.27 bits per heavy atom. The molecule has 1 saturated heterocycles. The first-order valence-electron chi connectivity index (χ1n) is 7.90. The molecule has 0 bridgehead atoms. The van der Waals surface area contributed by atoms with Gasteiger partial charge in [0, 0.05) is 27.7 Å². The fourth-order valence-electron chi connectivity index (χ4n) is 3.61. The summed E-state index contributed by atoms with van der Waals surface area (Å²) in [6, 6.07) is 6.41. The largest absolute Gasteiger partial charge is 0.381 e. The van der Waals surface area contributed by atoms with Crippen molar-refractivity contribution in [2.24, 2.45) is 5.92 Å². The number of halogens is 1. The van der Waals surface area contributed by atoms with Crippen LogP contribution in [-0.4, -0.2) is 24.1 Å². The summed E-state index contributed by atoms with van der Waals surface area (Å²) in [6.07, 6.45) is 4.02. The summed E-state index contributed by atoms with van der Waals surface area (Å²) in [5.74, 6) is 0.152. The van der Waals surface area contributed by atoms with Crippen LogP contribution in [0.2, 0.25) is 0 Å². The minimum absolute atomic E-state index is 0.0175. The van der Waals surface area contributed by atoms with Crippen molar-refractivity contribution in [2.45, 2.75) is 31.7 Å². The number of fused-ring (bicyclic) bond motifs is 3. The van der Waals surface area contributed by atoms with Gasteiger partial charge in [-0.15, -0.1) is 0 Å². The fraction of sp³-hybridized carbons (Fsp3) is 0.471. The maximum absolute atomic E-state index is 12.4. The Kier molecular flexibility index (Phi) is 3.70. The summed E-state index contributed by atoms with van der Waals surface area (Å²) in [7, 11) is 0. The molecule has 1 aliphatic carbocycles. The number of hydrogen-bond acceptors (Lipinski definition) is 2. The zero-order valence-electron chi connectivity index (χ0n) is 12.3. The van der Waals surface area contributed by atoms with Crippen molar-refractivity contribution in [1.29, 1.82) is 0 Å². The molecule has 2 aliphatic rings. The Bertz CT molecular complexity index is 719. The molecule has 2 atom stereocenters. The Labute approximate surface area is 137 Å². The molecule has 1 aromatic carbocycles. The second kappa shape index (κ2) is 5.70. The topological polar surface area (TPSA) is 54.1 Å². The molecule has 116 valence electrons. The van der Waals surface area contributed by atoms with Crippen molar-refractivity contribution >= 4 is 32.7 Å². The van der Waals surface area contributed by atoms with Crippen molar-refractivity contribution in [2.75, 3.05) is 13.2 Å². The van der Waals surface area contributed by atoms with E-state index in [0.717, 1.165) is 35.7 Å². The first kappa shape index (κ1) is 14.3. The van der Waals surface area contributed by atoms with Crippen molar-refractivity contribution in [1.82, 2.24) is 10.3 Å². The van der Waals surface area contributed by atoms with Gasteiger partial charge in [-0.25, -0.2) is 0 Å². The lowest BCUT2D eigenvalue weighted by atomic mass is 9.91. The lowest BCUT2D eigenvalue weighted by Gasteiger charge is -2.25. The van der Waals surface area contributed by atoms with E-state index >= 15 is 0 Å². The van der Waals surface area contributed by atoms with Crippen LogP contribution in [0.15, 0.2) is 22.7 Å². The molecule has 1 amide bonds. The number of aryl methyl sites for hydroxylation is 1. The zero-order chi connectivity index (χ0) is 15.1. The summed E-state index contributed by atoms with van der Waals surface area (Å²) in [6.45, 7) is 1.26. The predicted octanol–water partition coefficient (Wildman–Crippen LogP) is 3.46. The molecule has 1 aliphatic heterocycles. The number of aromatic amines is 1. The summed E-state index contributed by atoms with van der Waals surface area (Å²) in [5, 5.41) is 4.50. The van der Waals surface area contributed by atoms with Gasteiger partial charge in [-0.2, -0.15) is 0 Å². The Morgan fingerprint density at radius 1 is 1.36 bits per heavy atom. The SMILES string of the molecule is O=C(NC1CCCc2c1[nH]c1ccc(Br)cc21)C1CCOC1. The number of carbonyl (C=O) groups is 1. The molecule has 22 heavy (non-hydrogen) atoms. The molecule has 4 rings (SSSR count). The minimum atomic E-state index is 0.0175. The third-order valence-electron chi connectivity index (χ3n) is 4.79. The highest BCUT2D eigenvalue weighted by atomic mass is 79.9. The third-order valence-corrected chi connectivity index (χ3v) is 5.28. The number of H-pyrrole nitrogens is 1. The van der Waals surface area contributed by atoms with E-state index in [0.29, 0.717) is 13.2 Å². The second-order valence-electron chi connectivity index (χ2n) is 6.22. The van der Waals surface area contributed by atoms with E-state index < -0.39 is 0 Å². The summed E-state index contributed by atoms with van der Waals surface area (Å²) >= 11 is 3.55. The van der Waals surface area contributed by atoms with E-state index in [1.165, 1.54) is 16.6 Å². The van der Waals surface area contributed by atoms with Gasteiger partial charge < -0.3 is 15.0 Å². The normalized spacial score (nSPS) is 24.4. The van der Waals surface area contributed by atoms with Gasteiger partial charge in [0.1, 0.15) is 0 Å². The van der Waals surface area contributed by atoms with Crippen molar-refractivity contribution in [3.8, 4) is 0 Å². The molecule has 5 heteroatoms. The molecule has 2 N–H and O–H groups in total. The molecule has 2 unspecified atom stereocenters. The first-order valence-corrected chi connectivity index (χ1v) is 8.70. The van der Waals surface area contributed by atoms with Gasteiger partial charge in [0.25, 0.3) is 0 Å². The van der Waals surface area contributed by atoms with Crippen molar-refractivity contribution < 1.29 is 9.53 Å². The summed E-state index contributed by atoms with van der Waals surface area (Å²) in [5.41, 5.74) is 3.70. The molecule has 1 fully saturated rings. The molecule has 0 spiro atoms. The van der Waals surface area contributed by atoms with Gasteiger partial charge >= 0.3 is 0 Å².